The highest BCUT2D eigenvalue weighted by Gasteiger charge is 2.32. The largest absolute Gasteiger partial charge is 0.411 e. The van der Waals surface area contributed by atoms with Crippen LogP contribution in [0.4, 0.5) is 8.78 Å². The van der Waals surface area contributed by atoms with E-state index in [9.17, 15) is 19.2 Å². The molecular weight excluding hydrogens is 338 g/mol. The third-order valence-electron chi connectivity index (χ3n) is 4.73. The number of halogens is 2. The predicted molar refractivity (Wildman–Crippen MR) is 95.0 cm³/mol. The number of oxime groups is 1. The van der Waals surface area contributed by atoms with Gasteiger partial charge < -0.3 is 10.4 Å². The van der Waals surface area contributed by atoms with E-state index in [1.165, 1.54) is 24.3 Å². The fourth-order valence-electron chi connectivity index (χ4n) is 3.45. The van der Waals surface area contributed by atoms with Gasteiger partial charge in [0, 0.05) is 5.92 Å². The van der Waals surface area contributed by atoms with Crippen molar-refractivity contribution in [1.82, 2.24) is 5.48 Å². The van der Waals surface area contributed by atoms with E-state index < -0.39 is 6.04 Å². The second kappa shape index (κ2) is 8.21. The van der Waals surface area contributed by atoms with Crippen molar-refractivity contribution in [3.8, 4) is 0 Å². The maximum Gasteiger partial charge on any atom is 0.123 e. The lowest BCUT2D eigenvalue weighted by Gasteiger charge is -2.31. The second-order valence-corrected chi connectivity index (χ2v) is 6.36. The van der Waals surface area contributed by atoms with Crippen LogP contribution in [0, 0.1) is 17.6 Å². The van der Waals surface area contributed by atoms with Gasteiger partial charge in [-0.3, -0.25) is 0 Å². The zero-order valence-corrected chi connectivity index (χ0v) is 14.1. The molecule has 1 fully saturated rings. The molecule has 0 aromatic heterocycles. The molecule has 2 atom stereocenters. The van der Waals surface area contributed by atoms with Gasteiger partial charge in [0.25, 0.3) is 0 Å². The van der Waals surface area contributed by atoms with E-state index in [0.29, 0.717) is 17.7 Å². The summed E-state index contributed by atoms with van der Waals surface area (Å²) in [4.78, 5) is 0. The monoisotopic (exact) mass is 358 g/mol. The Morgan fingerprint density at radius 1 is 1.04 bits per heavy atom. The van der Waals surface area contributed by atoms with Crippen LogP contribution in [0.1, 0.15) is 36.4 Å². The lowest BCUT2D eigenvalue weighted by molar-refractivity contribution is 0.106. The van der Waals surface area contributed by atoms with Crippen LogP contribution in [0.2, 0.25) is 0 Å². The molecule has 2 aromatic rings. The van der Waals surface area contributed by atoms with E-state index in [1.54, 1.807) is 24.3 Å². The normalized spacial score (nSPS) is 21.9. The van der Waals surface area contributed by atoms with E-state index in [2.05, 4.69) is 10.6 Å². The Hall–Kier alpha value is -2.57. The molecule has 136 valence electrons. The molecule has 0 unspecified atom stereocenters. The molecule has 0 radical (unpaired) electrons. The van der Waals surface area contributed by atoms with Gasteiger partial charge in [0.2, 0.25) is 0 Å². The van der Waals surface area contributed by atoms with Gasteiger partial charge in [-0.1, -0.05) is 29.4 Å². The quantitative estimate of drug-likeness (QED) is 0.548. The van der Waals surface area contributed by atoms with E-state index in [-0.39, 0.29) is 17.6 Å². The number of benzene rings is 2. The van der Waals surface area contributed by atoms with E-state index >= 15 is 0 Å². The molecule has 4 nitrogen and oxygen atoms in total. The fraction of sp³-hybridized carbons (Fsp3) is 0.250. The van der Waals surface area contributed by atoms with Crippen LogP contribution in [0.15, 0.2) is 59.3 Å². The first-order valence-corrected chi connectivity index (χ1v) is 8.46. The molecule has 0 aliphatic heterocycles. The maximum atomic E-state index is 13.2. The summed E-state index contributed by atoms with van der Waals surface area (Å²) >= 11 is 0. The molecular formula is C20H20F2N2O2. The van der Waals surface area contributed by atoms with Crippen LogP contribution in [0.5, 0.6) is 0 Å². The van der Waals surface area contributed by atoms with Crippen molar-refractivity contribution in [2.75, 3.05) is 0 Å². The molecule has 3 N–H and O–H groups in total. The van der Waals surface area contributed by atoms with E-state index in [4.69, 9.17) is 0 Å². The molecule has 0 spiro atoms. The molecule has 0 bridgehead atoms. The first-order valence-electron chi connectivity index (χ1n) is 8.46. The number of rotatable bonds is 4. The molecule has 2 aromatic carbocycles. The number of allylic oxidation sites excluding steroid dienone is 1. The van der Waals surface area contributed by atoms with Crippen LogP contribution in [-0.2, 0) is 0 Å². The van der Waals surface area contributed by atoms with Crippen molar-refractivity contribution in [3.05, 3.63) is 76.9 Å². The van der Waals surface area contributed by atoms with Gasteiger partial charge in [-0.25, -0.2) is 8.78 Å². The van der Waals surface area contributed by atoms with Crippen molar-refractivity contribution in [3.63, 3.8) is 0 Å². The topological polar surface area (TPSA) is 64.9 Å². The molecule has 6 heteroatoms. The van der Waals surface area contributed by atoms with Crippen LogP contribution in [-0.4, -0.2) is 16.1 Å². The number of nitrogens with one attached hydrogen (secondary N) is 1. The minimum absolute atomic E-state index is 0.282. The Bertz CT molecular complexity index is 802. The number of hydroxylamine groups is 1. The van der Waals surface area contributed by atoms with Gasteiger partial charge in [-0.05, 0) is 66.3 Å². The van der Waals surface area contributed by atoms with Crippen LogP contribution < -0.4 is 5.48 Å². The van der Waals surface area contributed by atoms with Crippen LogP contribution >= 0.6 is 0 Å². The lowest BCUT2D eigenvalue weighted by atomic mass is 9.77. The Balaban J connectivity index is 1.91. The smallest absolute Gasteiger partial charge is 0.123 e. The summed E-state index contributed by atoms with van der Waals surface area (Å²) in [6.45, 7) is 0. The average molecular weight is 358 g/mol. The third-order valence-corrected chi connectivity index (χ3v) is 4.73. The summed E-state index contributed by atoms with van der Waals surface area (Å²) < 4.78 is 26.3. The Labute approximate surface area is 150 Å². The van der Waals surface area contributed by atoms with Crippen LogP contribution in [0.3, 0.4) is 0 Å². The first-order chi connectivity index (χ1) is 12.6. The predicted octanol–water partition coefficient (Wildman–Crippen LogP) is 4.70. The Morgan fingerprint density at radius 3 is 2.23 bits per heavy atom. The highest BCUT2D eigenvalue weighted by atomic mass is 19.1. The molecule has 1 aliphatic rings. The first kappa shape index (κ1) is 18.2. The summed E-state index contributed by atoms with van der Waals surface area (Å²) in [6.07, 6.45) is 4.13. The molecule has 3 rings (SSSR count). The van der Waals surface area contributed by atoms with Crippen LogP contribution in [0.25, 0.3) is 6.08 Å². The van der Waals surface area contributed by atoms with Crippen molar-refractivity contribution in [2.24, 2.45) is 11.1 Å². The van der Waals surface area contributed by atoms with E-state index in [0.717, 1.165) is 24.0 Å². The van der Waals surface area contributed by atoms with Gasteiger partial charge in [0.15, 0.2) is 0 Å². The standard InChI is InChI=1S/C20H20F2N2O2/c21-16-8-4-13(5-9-16)12-15-2-1-3-18(20(15)24-26)19(23-25)14-6-10-17(22)11-7-14/h4-12,18-19,23,25-26H,1-3H2/b15-12-,24-20?/t18-,19-/m1/s1. The summed E-state index contributed by atoms with van der Waals surface area (Å²) in [7, 11) is 0. The van der Waals surface area contributed by atoms with E-state index in [1.807, 2.05) is 6.08 Å². The molecule has 0 amide bonds. The third kappa shape index (κ3) is 3.98. The molecule has 0 heterocycles. The van der Waals surface area contributed by atoms with Gasteiger partial charge in [-0.2, -0.15) is 5.48 Å². The highest BCUT2D eigenvalue weighted by Crippen LogP contribution is 2.36. The van der Waals surface area contributed by atoms with Crippen molar-refractivity contribution in [1.29, 1.82) is 0 Å². The second-order valence-electron chi connectivity index (χ2n) is 6.36. The number of hydrogen-bond acceptors (Lipinski definition) is 4. The maximum absolute atomic E-state index is 13.2. The zero-order chi connectivity index (χ0) is 18.5. The summed E-state index contributed by atoms with van der Waals surface area (Å²) in [5, 5.41) is 22.8. The molecule has 0 saturated heterocycles. The lowest BCUT2D eigenvalue weighted by Crippen LogP contribution is -2.34. The summed E-state index contributed by atoms with van der Waals surface area (Å²) in [5.41, 5.74) is 5.07. The molecule has 1 aliphatic carbocycles. The summed E-state index contributed by atoms with van der Waals surface area (Å²) in [6, 6.07) is 11.4. The Morgan fingerprint density at radius 2 is 1.65 bits per heavy atom. The van der Waals surface area contributed by atoms with Crippen molar-refractivity contribution < 1.29 is 19.2 Å². The van der Waals surface area contributed by atoms with Gasteiger partial charge in [-0.15, -0.1) is 0 Å². The number of hydrogen-bond donors (Lipinski definition) is 3. The molecule has 1 saturated carbocycles. The Kier molecular flexibility index (Phi) is 5.75. The zero-order valence-electron chi connectivity index (χ0n) is 14.1. The SMILES string of the molecule is ON=C1/C(=C\c2ccc(F)cc2)CCC[C@@H]1[C@H](NO)c1ccc(F)cc1. The van der Waals surface area contributed by atoms with Crippen molar-refractivity contribution >= 4 is 11.8 Å². The molecule has 26 heavy (non-hydrogen) atoms. The highest BCUT2D eigenvalue weighted by molar-refractivity contribution is 6.06. The fourth-order valence-corrected chi connectivity index (χ4v) is 3.45. The van der Waals surface area contributed by atoms with Gasteiger partial charge in [0.1, 0.15) is 11.6 Å². The number of nitrogens with zero attached hydrogens (tertiary/aromatic N) is 1. The van der Waals surface area contributed by atoms with Crippen molar-refractivity contribution in [2.45, 2.75) is 25.3 Å². The van der Waals surface area contributed by atoms with Gasteiger partial charge >= 0.3 is 0 Å². The van der Waals surface area contributed by atoms with Gasteiger partial charge in [0.05, 0.1) is 11.8 Å². The minimum atomic E-state index is -0.529. The summed E-state index contributed by atoms with van der Waals surface area (Å²) in [5.74, 6) is -0.955. The average Bonchev–Trinajstić information content (AvgIpc) is 2.66. The minimum Gasteiger partial charge on any atom is -0.411 e.